The summed E-state index contributed by atoms with van der Waals surface area (Å²) in [5, 5.41) is 3.66. The Labute approximate surface area is 155 Å². The molecule has 6 heteroatoms. The summed E-state index contributed by atoms with van der Waals surface area (Å²) in [4.78, 5) is 16.8. The SMILES string of the molecule is CC(NC(=O)CSC1=Nc2ccccc2CS1)c1ccccc1Cl. The van der Waals surface area contributed by atoms with Crippen molar-refractivity contribution in [3.63, 3.8) is 0 Å². The van der Waals surface area contributed by atoms with Crippen LogP contribution < -0.4 is 5.32 Å². The number of nitrogens with zero attached hydrogens (tertiary/aromatic N) is 1. The van der Waals surface area contributed by atoms with Crippen LogP contribution in [-0.4, -0.2) is 16.0 Å². The Morgan fingerprint density at radius 3 is 2.88 bits per heavy atom. The maximum Gasteiger partial charge on any atom is 0.230 e. The topological polar surface area (TPSA) is 41.5 Å². The molecular formula is C18H17ClN2OS2. The van der Waals surface area contributed by atoms with Crippen LogP contribution in [0, 0.1) is 0 Å². The predicted molar refractivity (Wildman–Crippen MR) is 105 cm³/mol. The van der Waals surface area contributed by atoms with E-state index in [0.717, 1.165) is 21.4 Å². The van der Waals surface area contributed by atoms with Crippen molar-refractivity contribution in [2.75, 3.05) is 5.75 Å². The second-order valence-electron chi connectivity index (χ2n) is 5.39. The third kappa shape index (κ3) is 4.35. The average molecular weight is 377 g/mol. The smallest absolute Gasteiger partial charge is 0.230 e. The Bertz CT molecular complexity index is 779. The largest absolute Gasteiger partial charge is 0.349 e. The number of hydrogen-bond acceptors (Lipinski definition) is 4. The van der Waals surface area contributed by atoms with Gasteiger partial charge in [-0.1, -0.05) is 71.5 Å². The van der Waals surface area contributed by atoms with Crippen molar-refractivity contribution in [1.82, 2.24) is 5.32 Å². The highest BCUT2D eigenvalue weighted by Gasteiger charge is 2.16. The van der Waals surface area contributed by atoms with E-state index >= 15 is 0 Å². The second kappa shape index (κ2) is 8.10. The molecule has 0 aliphatic carbocycles. The summed E-state index contributed by atoms with van der Waals surface area (Å²) in [6.07, 6.45) is 0. The minimum atomic E-state index is -0.117. The first-order valence-electron chi connectivity index (χ1n) is 7.59. The molecule has 0 saturated heterocycles. The Hall–Kier alpha value is -1.43. The Balaban J connectivity index is 1.55. The molecule has 0 aromatic heterocycles. The Morgan fingerprint density at radius 1 is 1.29 bits per heavy atom. The number of carbonyl (C=O) groups excluding carboxylic acids is 1. The number of thioether (sulfide) groups is 2. The Morgan fingerprint density at radius 2 is 2.04 bits per heavy atom. The van der Waals surface area contributed by atoms with Crippen molar-refractivity contribution in [1.29, 1.82) is 0 Å². The van der Waals surface area contributed by atoms with Gasteiger partial charge in [-0.05, 0) is 30.2 Å². The molecule has 3 rings (SSSR count). The molecule has 1 unspecified atom stereocenters. The summed E-state index contributed by atoms with van der Waals surface area (Å²) in [6, 6.07) is 15.6. The molecular weight excluding hydrogens is 360 g/mol. The van der Waals surface area contributed by atoms with Crippen LogP contribution in [0.3, 0.4) is 0 Å². The van der Waals surface area contributed by atoms with Gasteiger partial charge in [0.05, 0.1) is 17.5 Å². The average Bonchev–Trinajstić information content (AvgIpc) is 2.60. The summed E-state index contributed by atoms with van der Waals surface area (Å²) in [6.45, 7) is 1.94. The Kier molecular flexibility index (Phi) is 5.87. The third-order valence-electron chi connectivity index (χ3n) is 3.63. The molecule has 1 atom stereocenters. The lowest BCUT2D eigenvalue weighted by Crippen LogP contribution is -2.28. The van der Waals surface area contributed by atoms with Crippen molar-refractivity contribution in [3.8, 4) is 0 Å². The molecule has 124 valence electrons. The highest BCUT2D eigenvalue weighted by molar-refractivity contribution is 8.38. The van der Waals surface area contributed by atoms with Crippen LogP contribution in [0.1, 0.15) is 24.1 Å². The van der Waals surface area contributed by atoms with Gasteiger partial charge in [0.15, 0.2) is 0 Å². The van der Waals surface area contributed by atoms with Crippen LogP contribution in [-0.2, 0) is 10.5 Å². The molecule has 1 amide bonds. The van der Waals surface area contributed by atoms with E-state index in [4.69, 9.17) is 11.6 Å². The van der Waals surface area contributed by atoms with Crippen molar-refractivity contribution in [3.05, 3.63) is 64.7 Å². The molecule has 1 heterocycles. The fourth-order valence-corrected chi connectivity index (χ4v) is 4.57. The molecule has 24 heavy (non-hydrogen) atoms. The number of rotatable bonds is 4. The predicted octanol–water partition coefficient (Wildman–Crippen LogP) is 5.18. The van der Waals surface area contributed by atoms with Crippen LogP contribution in [0.2, 0.25) is 5.02 Å². The summed E-state index contributed by atoms with van der Waals surface area (Å²) < 4.78 is 0.939. The van der Waals surface area contributed by atoms with Crippen LogP contribution in [0.25, 0.3) is 0 Å². The minimum Gasteiger partial charge on any atom is -0.349 e. The van der Waals surface area contributed by atoms with E-state index in [0.29, 0.717) is 10.8 Å². The van der Waals surface area contributed by atoms with Crippen molar-refractivity contribution in [2.45, 2.75) is 18.7 Å². The lowest BCUT2D eigenvalue weighted by Gasteiger charge is -2.17. The van der Waals surface area contributed by atoms with E-state index in [1.807, 2.05) is 49.4 Å². The van der Waals surface area contributed by atoms with Gasteiger partial charge in [0.2, 0.25) is 5.91 Å². The van der Waals surface area contributed by atoms with Crippen molar-refractivity contribution in [2.24, 2.45) is 4.99 Å². The van der Waals surface area contributed by atoms with E-state index in [-0.39, 0.29) is 11.9 Å². The normalized spacial score (nSPS) is 14.5. The number of halogens is 1. The fraction of sp³-hybridized carbons (Fsp3) is 0.222. The maximum atomic E-state index is 12.2. The zero-order chi connectivity index (χ0) is 16.9. The molecule has 0 saturated carbocycles. The van der Waals surface area contributed by atoms with Gasteiger partial charge < -0.3 is 5.32 Å². The molecule has 3 nitrogen and oxygen atoms in total. The maximum absolute atomic E-state index is 12.2. The zero-order valence-corrected chi connectivity index (χ0v) is 15.5. The number of nitrogens with one attached hydrogen (secondary N) is 1. The lowest BCUT2D eigenvalue weighted by molar-refractivity contribution is -0.119. The number of amides is 1. The van der Waals surface area contributed by atoms with Gasteiger partial charge in [-0.2, -0.15) is 0 Å². The number of carbonyl (C=O) groups is 1. The molecule has 0 bridgehead atoms. The minimum absolute atomic E-state index is 0.0189. The van der Waals surface area contributed by atoms with Crippen LogP contribution in [0.15, 0.2) is 53.5 Å². The van der Waals surface area contributed by atoms with E-state index in [1.54, 1.807) is 11.8 Å². The third-order valence-corrected chi connectivity index (χ3v) is 6.22. The fourth-order valence-electron chi connectivity index (χ4n) is 2.40. The summed E-state index contributed by atoms with van der Waals surface area (Å²) in [5.74, 6) is 1.23. The van der Waals surface area contributed by atoms with Crippen molar-refractivity contribution >= 4 is 51.1 Å². The highest BCUT2D eigenvalue weighted by Crippen LogP contribution is 2.34. The first-order valence-corrected chi connectivity index (χ1v) is 9.94. The summed E-state index contributed by atoms with van der Waals surface area (Å²) in [5.41, 5.74) is 3.17. The van der Waals surface area contributed by atoms with Gasteiger partial charge >= 0.3 is 0 Å². The number of benzene rings is 2. The quantitative estimate of drug-likeness (QED) is 0.798. The molecule has 1 aliphatic rings. The monoisotopic (exact) mass is 376 g/mol. The molecule has 1 N–H and O–H groups in total. The van der Waals surface area contributed by atoms with Crippen LogP contribution in [0.5, 0.6) is 0 Å². The lowest BCUT2D eigenvalue weighted by atomic mass is 10.1. The summed E-state index contributed by atoms with van der Waals surface area (Å²) >= 11 is 9.33. The van der Waals surface area contributed by atoms with E-state index < -0.39 is 0 Å². The molecule has 2 aromatic carbocycles. The van der Waals surface area contributed by atoms with Gasteiger partial charge in [-0.3, -0.25) is 4.79 Å². The number of fused-ring (bicyclic) bond motifs is 1. The number of para-hydroxylation sites is 1. The van der Waals surface area contributed by atoms with Gasteiger partial charge in [-0.15, -0.1) is 0 Å². The number of aliphatic imine (C=N–C) groups is 1. The molecule has 2 aromatic rings. The molecule has 0 spiro atoms. The summed E-state index contributed by atoms with van der Waals surface area (Å²) in [7, 11) is 0. The van der Waals surface area contributed by atoms with E-state index in [2.05, 4.69) is 16.4 Å². The number of hydrogen-bond donors (Lipinski definition) is 1. The highest BCUT2D eigenvalue weighted by atomic mass is 35.5. The van der Waals surface area contributed by atoms with E-state index in [1.165, 1.54) is 17.3 Å². The first-order chi connectivity index (χ1) is 11.6. The van der Waals surface area contributed by atoms with Gasteiger partial charge in [0, 0.05) is 10.8 Å². The van der Waals surface area contributed by atoms with Gasteiger partial charge in [0.1, 0.15) is 4.38 Å². The first kappa shape index (κ1) is 17.4. The molecule has 0 radical (unpaired) electrons. The van der Waals surface area contributed by atoms with Crippen molar-refractivity contribution < 1.29 is 4.79 Å². The van der Waals surface area contributed by atoms with Gasteiger partial charge in [0.25, 0.3) is 0 Å². The molecule has 1 aliphatic heterocycles. The van der Waals surface area contributed by atoms with Crippen LogP contribution in [0.4, 0.5) is 5.69 Å². The van der Waals surface area contributed by atoms with E-state index in [9.17, 15) is 4.79 Å². The molecule has 0 fully saturated rings. The standard InChI is InChI=1S/C18H17ClN2OS2/c1-12(14-7-3-4-8-15(14)19)20-17(22)11-24-18-21-16-9-5-2-6-13(16)10-23-18/h2-9,12H,10-11H2,1H3,(H,20,22). The van der Waals surface area contributed by atoms with Crippen LogP contribution >= 0.6 is 35.1 Å². The zero-order valence-electron chi connectivity index (χ0n) is 13.2. The second-order valence-corrected chi connectivity index (χ2v) is 7.99. The van der Waals surface area contributed by atoms with Gasteiger partial charge in [-0.25, -0.2) is 4.99 Å².